The topological polar surface area (TPSA) is 83.1 Å². The van der Waals surface area contributed by atoms with E-state index in [2.05, 4.69) is 32.1 Å². The zero-order valence-electron chi connectivity index (χ0n) is 14.3. The summed E-state index contributed by atoms with van der Waals surface area (Å²) in [6.45, 7) is 6.86. The van der Waals surface area contributed by atoms with E-state index in [1.54, 1.807) is 13.4 Å². The molecule has 0 bridgehead atoms. The van der Waals surface area contributed by atoms with E-state index in [0.29, 0.717) is 19.8 Å². The second-order valence-corrected chi connectivity index (χ2v) is 6.93. The van der Waals surface area contributed by atoms with Crippen LogP contribution >= 0.6 is 0 Å². The number of nitrogens with zero attached hydrogens (tertiary/aromatic N) is 3. The van der Waals surface area contributed by atoms with Crippen LogP contribution in [0.1, 0.15) is 17.7 Å². The molecule has 24 heavy (non-hydrogen) atoms. The predicted octanol–water partition coefficient (Wildman–Crippen LogP) is 1.16. The Bertz CT molecular complexity index is 802. The van der Waals surface area contributed by atoms with Crippen LogP contribution in [0, 0.1) is 25.2 Å². The maximum Gasteiger partial charge on any atom is 0.228 e. The first-order valence-corrected chi connectivity index (χ1v) is 8.41. The second-order valence-electron chi connectivity index (χ2n) is 6.93. The van der Waals surface area contributed by atoms with Crippen LogP contribution in [0.2, 0.25) is 0 Å². The molecule has 128 valence electrons. The Balaban J connectivity index is 1.78. The van der Waals surface area contributed by atoms with E-state index in [4.69, 9.17) is 4.74 Å². The van der Waals surface area contributed by atoms with Gasteiger partial charge in [0.2, 0.25) is 5.91 Å². The molecule has 2 aromatic rings. The average molecular weight is 329 g/mol. The van der Waals surface area contributed by atoms with E-state index < -0.39 is 0 Å². The summed E-state index contributed by atoms with van der Waals surface area (Å²) in [5, 5.41) is 3.92. The van der Waals surface area contributed by atoms with Crippen molar-refractivity contribution in [3.8, 4) is 0 Å². The Morgan fingerprint density at radius 2 is 2.29 bits per heavy atom. The van der Waals surface area contributed by atoms with Crippen LogP contribution in [0.15, 0.2) is 6.33 Å². The summed E-state index contributed by atoms with van der Waals surface area (Å²) in [7, 11) is 1.72. The van der Waals surface area contributed by atoms with E-state index in [9.17, 15) is 4.79 Å². The number of aromatic amines is 1. The van der Waals surface area contributed by atoms with Crippen LogP contribution < -0.4 is 10.2 Å². The molecule has 2 aliphatic heterocycles. The minimum atomic E-state index is -0.385. The lowest BCUT2D eigenvalue weighted by Crippen LogP contribution is -2.49. The number of aryl methyl sites for hydroxylation is 2. The molecule has 0 spiro atoms. The monoisotopic (exact) mass is 329 g/mol. The predicted molar refractivity (Wildman–Crippen MR) is 91.0 cm³/mol. The van der Waals surface area contributed by atoms with Crippen molar-refractivity contribution < 1.29 is 9.53 Å². The van der Waals surface area contributed by atoms with Gasteiger partial charge in [0.05, 0.1) is 17.4 Å². The van der Waals surface area contributed by atoms with Crippen LogP contribution in [0.4, 0.5) is 5.82 Å². The first kappa shape index (κ1) is 15.4. The van der Waals surface area contributed by atoms with Gasteiger partial charge in [-0.15, -0.1) is 0 Å². The fourth-order valence-corrected chi connectivity index (χ4v) is 4.25. The Hall–Kier alpha value is -2.15. The van der Waals surface area contributed by atoms with Crippen molar-refractivity contribution in [2.24, 2.45) is 11.3 Å². The van der Waals surface area contributed by atoms with Crippen LogP contribution in [0.5, 0.6) is 0 Å². The first-order chi connectivity index (χ1) is 11.6. The number of hydrogen-bond acceptors (Lipinski definition) is 5. The molecule has 0 unspecified atom stereocenters. The third kappa shape index (κ3) is 2.04. The van der Waals surface area contributed by atoms with Gasteiger partial charge in [0, 0.05) is 38.4 Å². The third-order valence-corrected chi connectivity index (χ3v) is 5.76. The van der Waals surface area contributed by atoms with Crippen LogP contribution in [-0.2, 0) is 9.53 Å². The minimum absolute atomic E-state index is 0.116. The van der Waals surface area contributed by atoms with Crippen LogP contribution in [0.3, 0.4) is 0 Å². The number of carbonyl (C=O) groups is 1. The maximum atomic E-state index is 12.6. The Labute approximate surface area is 140 Å². The van der Waals surface area contributed by atoms with E-state index >= 15 is 0 Å². The van der Waals surface area contributed by atoms with Crippen LogP contribution in [-0.4, -0.2) is 54.2 Å². The molecule has 4 heterocycles. The zero-order chi connectivity index (χ0) is 16.9. The fraction of sp³-hybridized carbons (Fsp3) is 0.588. The number of fused-ring (bicyclic) bond motifs is 2. The highest BCUT2D eigenvalue weighted by Crippen LogP contribution is 2.44. The summed E-state index contributed by atoms with van der Waals surface area (Å²) in [6.07, 6.45) is 2.35. The van der Waals surface area contributed by atoms with Gasteiger partial charge in [0.1, 0.15) is 17.8 Å². The molecule has 7 nitrogen and oxygen atoms in total. The van der Waals surface area contributed by atoms with Crippen molar-refractivity contribution >= 4 is 22.8 Å². The number of aromatic nitrogens is 3. The normalized spacial score (nSPS) is 26.6. The number of amides is 1. The molecular weight excluding hydrogens is 306 g/mol. The SMILES string of the molecule is CNC(=O)[C@]12CCOC[C@H]1CN(c1ncnc3[nH]c(C)c(C)c13)C2. The molecule has 2 aliphatic rings. The molecule has 4 rings (SSSR count). The van der Waals surface area contributed by atoms with Crippen molar-refractivity contribution in [2.45, 2.75) is 20.3 Å². The highest BCUT2D eigenvalue weighted by Gasteiger charge is 2.53. The number of carbonyl (C=O) groups excluding carboxylic acids is 1. The summed E-state index contributed by atoms with van der Waals surface area (Å²) < 4.78 is 5.66. The van der Waals surface area contributed by atoms with Gasteiger partial charge in [-0.2, -0.15) is 0 Å². The Morgan fingerprint density at radius 3 is 3.08 bits per heavy atom. The van der Waals surface area contributed by atoms with Gasteiger partial charge in [0.15, 0.2) is 0 Å². The molecule has 2 fully saturated rings. The van der Waals surface area contributed by atoms with Gasteiger partial charge in [-0.1, -0.05) is 0 Å². The Kier molecular flexibility index (Phi) is 3.49. The van der Waals surface area contributed by atoms with Gasteiger partial charge < -0.3 is 19.9 Å². The van der Waals surface area contributed by atoms with Crippen molar-refractivity contribution in [2.75, 3.05) is 38.3 Å². The van der Waals surface area contributed by atoms with Crippen molar-refractivity contribution in [1.82, 2.24) is 20.3 Å². The molecule has 2 N–H and O–H groups in total. The number of H-pyrrole nitrogens is 1. The quantitative estimate of drug-likeness (QED) is 0.864. The van der Waals surface area contributed by atoms with E-state index in [0.717, 1.165) is 35.5 Å². The molecule has 0 aliphatic carbocycles. The summed E-state index contributed by atoms with van der Waals surface area (Å²) in [5.41, 5.74) is 2.74. The first-order valence-electron chi connectivity index (χ1n) is 8.41. The number of ether oxygens (including phenoxy) is 1. The lowest BCUT2D eigenvalue weighted by atomic mass is 9.73. The molecule has 7 heteroatoms. The van der Waals surface area contributed by atoms with Crippen LogP contribution in [0.25, 0.3) is 11.0 Å². The number of rotatable bonds is 2. The highest BCUT2D eigenvalue weighted by atomic mass is 16.5. The smallest absolute Gasteiger partial charge is 0.228 e. The van der Waals surface area contributed by atoms with Gasteiger partial charge in [-0.25, -0.2) is 9.97 Å². The lowest BCUT2D eigenvalue weighted by molar-refractivity contribution is -0.138. The standard InChI is InChI=1S/C17H23N5O2/c1-10-11(2)21-14-13(10)15(20-9-19-14)22-6-12-7-24-5-4-17(12,8-22)16(23)18-3/h9,12H,4-8H2,1-3H3,(H,18,23)(H,19,20,21)/t12-,17+/m1/s1. The van der Waals surface area contributed by atoms with Gasteiger partial charge in [-0.3, -0.25) is 4.79 Å². The summed E-state index contributed by atoms with van der Waals surface area (Å²) in [5.74, 6) is 1.22. The number of anilines is 1. The Morgan fingerprint density at radius 1 is 1.46 bits per heavy atom. The third-order valence-electron chi connectivity index (χ3n) is 5.76. The van der Waals surface area contributed by atoms with Crippen molar-refractivity contribution in [3.05, 3.63) is 17.6 Å². The summed E-state index contributed by atoms with van der Waals surface area (Å²) in [4.78, 5) is 27.1. The minimum Gasteiger partial charge on any atom is -0.381 e. The molecule has 0 aromatic carbocycles. The molecule has 0 saturated carbocycles. The molecule has 2 saturated heterocycles. The highest BCUT2D eigenvalue weighted by molar-refractivity contribution is 5.92. The van der Waals surface area contributed by atoms with E-state index in [1.165, 1.54) is 5.56 Å². The van der Waals surface area contributed by atoms with Crippen molar-refractivity contribution in [3.63, 3.8) is 0 Å². The van der Waals surface area contributed by atoms with Crippen molar-refractivity contribution in [1.29, 1.82) is 0 Å². The maximum absolute atomic E-state index is 12.6. The molecule has 0 radical (unpaired) electrons. The average Bonchev–Trinajstić information content (AvgIpc) is 3.13. The van der Waals surface area contributed by atoms with Gasteiger partial charge in [-0.05, 0) is 25.8 Å². The van der Waals surface area contributed by atoms with E-state index in [1.807, 2.05) is 6.92 Å². The summed E-state index contributed by atoms with van der Waals surface area (Å²) in [6, 6.07) is 0. The molecule has 2 aromatic heterocycles. The molecule has 2 atom stereocenters. The lowest BCUT2D eigenvalue weighted by Gasteiger charge is -2.36. The van der Waals surface area contributed by atoms with Gasteiger partial charge in [0.25, 0.3) is 0 Å². The fourth-order valence-electron chi connectivity index (χ4n) is 4.25. The zero-order valence-corrected chi connectivity index (χ0v) is 14.3. The summed E-state index contributed by atoms with van der Waals surface area (Å²) >= 11 is 0. The molecule has 1 amide bonds. The van der Waals surface area contributed by atoms with E-state index in [-0.39, 0.29) is 17.2 Å². The molecular formula is C17H23N5O2. The number of hydrogen-bond donors (Lipinski definition) is 2. The number of nitrogens with one attached hydrogen (secondary N) is 2. The largest absolute Gasteiger partial charge is 0.381 e. The van der Waals surface area contributed by atoms with Gasteiger partial charge >= 0.3 is 0 Å². The second kappa shape index (κ2) is 5.44.